The van der Waals surface area contributed by atoms with Gasteiger partial charge in [0, 0.05) is 32.1 Å². The Bertz CT molecular complexity index is 946. The minimum absolute atomic E-state index is 0.0738. The van der Waals surface area contributed by atoms with E-state index in [9.17, 15) is 8.42 Å². The van der Waals surface area contributed by atoms with Crippen LogP contribution in [0, 0.1) is 0 Å². The van der Waals surface area contributed by atoms with Crippen LogP contribution >= 0.6 is 0 Å². The zero-order valence-corrected chi connectivity index (χ0v) is 13.9. The molecule has 0 saturated carbocycles. The lowest BCUT2D eigenvalue weighted by Gasteiger charge is -2.04. The molecule has 0 amide bonds. The predicted octanol–water partition coefficient (Wildman–Crippen LogP) is 0.438. The molecule has 0 aromatic carbocycles. The fourth-order valence-corrected chi connectivity index (χ4v) is 2.97. The summed E-state index contributed by atoms with van der Waals surface area (Å²) < 4.78 is 29.4. The zero-order chi connectivity index (χ0) is 17.2. The van der Waals surface area contributed by atoms with Gasteiger partial charge in [0.15, 0.2) is 5.82 Å². The van der Waals surface area contributed by atoms with Crippen molar-refractivity contribution in [2.24, 2.45) is 7.05 Å². The first kappa shape index (κ1) is 16.1. The lowest BCUT2D eigenvalue weighted by Crippen LogP contribution is -2.22. The van der Waals surface area contributed by atoms with Crippen LogP contribution in [-0.2, 0) is 17.1 Å². The van der Waals surface area contributed by atoms with E-state index in [0.29, 0.717) is 18.3 Å². The molecular formula is C13H16N8O2S. The molecule has 10 nitrogen and oxygen atoms in total. The fourth-order valence-electron chi connectivity index (χ4n) is 2.00. The minimum atomic E-state index is -3.56. The van der Waals surface area contributed by atoms with Gasteiger partial charge in [0.25, 0.3) is 0 Å². The van der Waals surface area contributed by atoms with E-state index in [2.05, 4.69) is 30.2 Å². The van der Waals surface area contributed by atoms with Crippen molar-refractivity contribution in [3.05, 3.63) is 37.1 Å². The van der Waals surface area contributed by atoms with Crippen molar-refractivity contribution >= 4 is 21.7 Å². The number of rotatable bonds is 6. The van der Waals surface area contributed by atoms with Crippen molar-refractivity contribution in [3.63, 3.8) is 0 Å². The first-order valence-electron chi connectivity index (χ1n) is 7.11. The Kier molecular flexibility index (Phi) is 4.27. The summed E-state index contributed by atoms with van der Waals surface area (Å²) in [7, 11) is -1.75. The van der Waals surface area contributed by atoms with Gasteiger partial charge in [-0.05, 0) is 0 Å². The molecule has 0 atom stereocenters. The van der Waals surface area contributed by atoms with Crippen LogP contribution < -0.4 is 10.0 Å². The van der Waals surface area contributed by atoms with E-state index in [0.717, 1.165) is 5.69 Å². The number of hydrogen-bond acceptors (Lipinski definition) is 7. The largest absolute Gasteiger partial charge is 0.321 e. The molecule has 0 aliphatic rings. The molecule has 3 aromatic rings. The normalized spacial score (nSPS) is 11.6. The quantitative estimate of drug-likeness (QED) is 0.663. The van der Waals surface area contributed by atoms with Crippen LogP contribution in [0.5, 0.6) is 0 Å². The average Bonchev–Trinajstić information content (AvgIpc) is 3.17. The summed E-state index contributed by atoms with van der Waals surface area (Å²) in [5.41, 5.74) is 0.741. The van der Waals surface area contributed by atoms with Gasteiger partial charge in [0.2, 0.25) is 16.0 Å². The minimum Gasteiger partial charge on any atom is -0.321 e. The van der Waals surface area contributed by atoms with Gasteiger partial charge in [-0.3, -0.25) is 4.68 Å². The van der Waals surface area contributed by atoms with Gasteiger partial charge in [0.05, 0.1) is 24.3 Å². The van der Waals surface area contributed by atoms with E-state index >= 15 is 0 Å². The molecule has 3 heterocycles. The standard InChI is InChI=1S/C13H16N8O2S/c1-3-17-24(22,23)11-7-16-21(9-11)12-4-5-14-13(19-12)18-10-6-15-20(2)8-10/h4-9,17H,3H2,1-2H3,(H,14,18,19). The highest BCUT2D eigenvalue weighted by Gasteiger charge is 2.16. The summed E-state index contributed by atoms with van der Waals surface area (Å²) in [6, 6.07) is 1.63. The first-order chi connectivity index (χ1) is 11.5. The molecule has 0 bridgehead atoms. The highest BCUT2D eigenvalue weighted by Crippen LogP contribution is 2.14. The fraction of sp³-hybridized carbons (Fsp3) is 0.231. The summed E-state index contributed by atoms with van der Waals surface area (Å²) in [5, 5.41) is 11.1. The van der Waals surface area contributed by atoms with Crippen LogP contribution in [0.15, 0.2) is 41.9 Å². The monoisotopic (exact) mass is 348 g/mol. The Morgan fingerprint density at radius 2 is 2.04 bits per heavy atom. The second-order valence-corrected chi connectivity index (χ2v) is 6.66. The molecule has 11 heteroatoms. The molecule has 0 saturated heterocycles. The van der Waals surface area contributed by atoms with E-state index in [-0.39, 0.29) is 4.90 Å². The Labute approximate surface area is 138 Å². The molecule has 0 aliphatic carbocycles. The maximum atomic E-state index is 12.0. The number of hydrogen-bond donors (Lipinski definition) is 2. The molecule has 0 spiro atoms. The van der Waals surface area contributed by atoms with Crippen LogP contribution in [0.2, 0.25) is 0 Å². The van der Waals surface area contributed by atoms with E-state index in [4.69, 9.17) is 0 Å². The molecule has 3 aromatic heterocycles. The summed E-state index contributed by atoms with van der Waals surface area (Å²) in [6.45, 7) is 2.02. The molecule has 3 rings (SSSR count). The maximum absolute atomic E-state index is 12.0. The van der Waals surface area contributed by atoms with Crippen LogP contribution in [0.25, 0.3) is 5.82 Å². The van der Waals surface area contributed by atoms with Crippen molar-refractivity contribution < 1.29 is 8.42 Å². The van der Waals surface area contributed by atoms with E-state index in [1.807, 2.05) is 0 Å². The Morgan fingerprint density at radius 1 is 1.21 bits per heavy atom. The number of aryl methyl sites for hydroxylation is 1. The molecular weight excluding hydrogens is 332 g/mol. The molecule has 0 radical (unpaired) electrons. The summed E-state index contributed by atoms with van der Waals surface area (Å²) in [4.78, 5) is 8.51. The van der Waals surface area contributed by atoms with Crippen molar-refractivity contribution in [3.8, 4) is 5.82 Å². The van der Waals surface area contributed by atoms with Crippen LogP contribution in [0.3, 0.4) is 0 Å². The Hall–Kier alpha value is -2.79. The topological polar surface area (TPSA) is 120 Å². The third-order valence-corrected chi connectivity index (χ3v) is 4.54. The Balaban J connectivity index is 1.85. The second kappa shape index (κ2) is 6.37. The molecule has 0 aliphatic heterocycles. The van der Waals surface area contributed by atoms with Crippen LogP contribution in [0.4, 0.5) is 11.6 Å². The lowest BCUT2D eigenvalue weighted by atomic mass is 10.5. The molecule has 24 heavy (non-hydrogen) atoms. The van der Waals surface area contributed by atoms with Gasteiger partial charge in [0.1, 0.15) is 4.90 Å². The van der Waals surface area contributed by atoms with Gasteiger partial charge in [-0.25, -0.2) is 22.8 Å². The molecule has 126 valence electrons. The van der Waals surface area contributed by atoms with E-state index < -0.39 is 10.0 Å². The maximum Gasteiger partial charge on any atom is 0.243 e. The highest BCUT2D eigenvalue weighted by molar-refractivity contribution is 7.89. The van der Waals surface area contributed by atoms with Crippen molar-refractivity contribution in [1.82, 2.24) is 34.3 Å². The van der Waals surface area contributed by atoms with Gasteiger partial charge in [-0.2, -0.15) is 15.2 Å². The molecule has 0 fully saturated rings. The predicted molar refractivity (Wildman–Crippen MR) is 86.5 cm³/mol. The van der Waals surface area contributed by atoms with Gasteiger partial charge in [-0.15, -0.1) is 0 Å². The summed E-state index contributed by atoms with van der Waals surface area (Å²) in [5.74, 6) is 0.793. The number of nitrogens with zero attached hydrogens (tertiary/aromatic N) is 6. The van der Waals surface area contributed by atoms with Crippen LogP contribution in [0.1, 0.15) is 6.92 Å². The third kappa shape index (κ3) is 3.41. The second-order valence-electron chi connectivity index (χ2n) is 4.89. The third-order valence-electron chi connectivity index (χ3n) is 3.04. The van der Waals surface area contributed by atoms with Gasteiger partial charge >= 0.3 is 0 Å². The van der Waals surface area contributed by atoms with Gasteiger partial charge < -0.3 is 5.32 Å². The number of anilines is 2. The van der Waals surface area contributed by atoms with Gasteiger partial charge in [-0.1, -0.05) is 6.92 Å². The van der Waals surface area contributed by atoms with Crippen molar-refractivity contribution in [2.45, 2.75) is 11.8 Å². The zero-order valence-electron chi connectivity index (χ0n) is 13.1. The van der Waals surface area contributed by atoms with E-state index in [1.54, 1.807) is 43.3 Å². The smallest absolute Gasteiger partial charge is 0.243 e. The highest BCUT2D eigenvalue weighted by atomic mass is 32.2. The van der Waals surface area contributed by atoms with E-state index in [1.165, 1.54) is 17.1 Å². The average molecular weight is 348 g/mol. The number of nitrogens with one attached hydrogen (secondary N) is 2. The van der Waals surface area contributed by atoms with Crippen molar-refractivity contribution in [1.29, 1.82) is 0 Å². The SMILES string of the molecule is CCNS(=O)(=O)c1cnn(-c2ccnc(Nc3cnn(C)c3)n2)c1. The lowest BCUT2D eigenvalue weighted by molar-refractivity contribution is 0.584. The molecule has 2 N–H and O–H groups in total. The first-order valence-corrected chi connectivity index (χ1v) is 8.59. The Morgan fingerprint density at radius 3 is 2.75 bits per heavy atom. The summed E-state index contributed by atoms with van der Waals surface area (Å²) in [6.07, 6.45) is 7.65. The molecule has 0 unspecified atom stereocenters. The summed E-state index contributed by atoms with van der Waals surface area (Å²) >= 11 is 0. The van der Waals surface area contributed by atoms with Crippen molar-refractivity contribution in [2.75, 3.05) is 11.9 Å². The number of sulfonamides is 1. The van der Waals surface area contributed by atoms with Crippen LogP contribution in [-0.4, -0.2) is 44.5 Å². The number of aromatic nitrogens is 6.